The molecule has 0 aliphatic carbocycles. The van der Waals surface area contributed by atoms with Crippen LogP contribution >= 0.6 is 0 Å². The van der Waals surface area contributed by atoms with Crippen molar-refractivity contribution in [3.05, 3.63) is 47.5 Å². The van der Waals surface area contributed by atoms with Crippen LogP contribution in [0.2, 0.25) is 0 Å². The number of aliphatic carboxylic acids is 1. The Morgan fingerprint density at radius 2 is 1.60 bits per heavy atom. The molecule has 1 aromatic rings. The van der Waals surface area contributed by atoms with E-state index in [-0.39, 0.29) is 35.5 Å². The first-order chi connectivity index (χ1) is 30.4. The molecule has 366 valence electrons. The number of hydrogen-bond acceptors (Lipinski definition) is 10. The van der Waals surface area contributed by atoms with Gasteiger partial charge in [-0.1, -0.05) is 67.5 Å². The maximum atomic E-state index is 14.7. The lowest BCUT2D eigenvalue weighted by molar-refractivity contribution is -0.397. The number of aliphatic hydroxyl groups excluding tert-OH is 1. The molecule has 0 radical (unpaired) electrons. The van der Waals surface area contributed by atoms with E-state index < -0.39 is 113 Å². The molecule has 1 amide bonds. The van der Waals surface area contributed by atoms with Crippen molar-refractivity contribution in [3.63, 3.8) is 0 Å². The van der Waals surface area contributed by atoms with Crippen LogP contribution in [-0.2, 0) is 39.4 Å². The third-order valence-corrected chi connectivity index (χ3v) is 16.2. The number of ether oxygens (including phenoxy) is 5. The number of halogens is 3. The van der Waals surface area contributed by atoms with Gasteiger partial charge in [0.2, 0.25) is 0 Å². The third kappa shape index (κ3) is 10.1. The van der Waals surface area contributed by atoms with Gasteiger partial charge in [-0.2, -0.15) is 13.2 Å². The summed E-state index contributed by atoms with van der Waals surface area (Å²) in [4.78, 5) is 40.6. The van der Waals surface area contributed by atoms with E-state index in [1.807, 2.05) is 62.3 Å². The number of ketones is 1. The van der Waals surface area contributed by atoms with Gasteiger partial charge in [-0.05, 0) is 108 Å². The predicted molar refractivity (Wildman–Crippen MR) is 235 cm³/mol. The van der Waals surface area contributed by atoms with Gasteiger partial charge < -0.3 is 44.3 Å². The summed E-state index contributed by atoms with van der Waals surface area (Å²) in [7, 11) is 0. The number of carbonyl (C=O) groups is 3. The first-order valence-electron chi connectivity index (χ1n) is 24.1. The molecule has 2 spiro atoms. The number of carbonyl (C=O) groups excluding carboxylic acids is 2. The number of Topliss-reactive ketones (excluding diaryl/α,β-unsaturated/α-hetero) is 1. The Hall–Kier alpha value is -2.92. The molecule has 2 unspecified atom stereocenters. The highest BCUT2D eigenvalue weighted by Gasteiger charge is 2.63. The van der Waals surface area contributed by atoms with Crippen LogP contribution in [0.4, 0.5) is 13.2 Å². The van der Waals surface area contributed by atoms with Crippen molar-refractivity contribution in [3.8, 4) is 0 Å². The van der Waals surface area contributed by atoms with Crippen molar-refractivity contribution in [1.82, 2.24) is 5.32 Å². The van der Waals surface area contributed by atoms with Gasteiger partial charge in [0.05, 0.1) is 59.3 Å². The van der Waals surface area contributed by atoms with Crippen molar-refractivity contribution < 1.29 is 66.6 Å². The van der Waals surface area contributed by atoms with Crippen molar-refractivity contribution in [2.45, 2.75) is 205 Å². The zero-order chi connectivity index (χ0) is 48.0. The van der Waals surface area contributed by atoms with Crippen molar-refractivity contribution in [1.29, 1.82) is 0 Å². The molecular weight excluding hydrogens is 848 g/mol. The van der Waals surface area contributed by atoms with Gasteiger partial charge in [0, 0.05) is 35.7 Å². The maximum Gasteiger partial charge on any atom is 0.416 e. The minimum absolute atomic E-state index is 0.0445. The number of carboxylic acid groups (broad SMARTS) is 1. The summed E-state index contributed by atoms with van der Waals surface area (Å²) in [5.74, 6) is -7.84. The summed E-state index contributed by atoms with van der Waals surface area (Å²) >= 11 is 0. The van der Waals surface area contributed by atoms with Gasteiger partial charge in [-0.25, -0.2) is 0 Å². The van der Waals surface area contributed by atoms with E-state index in [0.717, 1.165) is 18.6 Å². The summed E-state index contributed by atoms with van der Waals surface area (Å²) in [5, 5.41) is 35.9. The molecule has 5 heterocycles. The van der Waals surface area contributed by atoms with Crippen molar-refractivity contribution >= 4 is 17.7 Å². The second-order valence-electron chi connectivity index (χ2n) is 20.5. The minimum Gasteiger partial charge on any atom is -0.481 e. The third-order valence-electron chi connectivity index (χ3n) is 16.2. The fraction of sp³-hybridized carbons (Fsp3) is 0.780. The van der Waals surface area contributed by atoms with Gasteiger partial charge >= 0.3 is 12.1 Å². The second-order valence-corrected chi connectivity index (χ2v) is 20.5. The second kappa shape index (κ2) is 19.6. The lowest BCUT2D eigenvalue weighted by Crippen LogP contribution is -2.65. The zero-order valence-corrected chi connectivity index (χ0v) is 39.9. The Morgan fingerprint density at radius 3 is 2.22 bits per heavy atom. The van der Waals surface area contributed by atoms with E-state index in [1.165, 1.54) is 12.1 Å². The topological polar surface area (TPSA) is 170 Å². The molecule has 0 aromatic heterocycles. The van der Waals surface area contributed by atoms with Crippen LogP contribution in [0.5, 0.6) is 0 Å². The van der Waals surface area contributed by atoms with Gasteiger partial charge in [0.1, 0.15) is 11.8 Å². The number of benzene rings is 1. The highest BCUT2D eigenvalue weighted by molar-refractivity contribution is 5.94. The van der Waals surface area contributed by atoms with Gasteiger partial charge in [-0.15, -0.1) is 0 Å². The molecule has 5 aliphatic heterocycles. The summed E-state index contributed by atoms with van der Waals surface area (Å²) in [6, 6.07) is 3.24. The first-order valence-corrected chi connectivity index (χ1v) is 24.1. The molecule has 6 rings (SSSR count). The first kappa shape index (κ1) is 51.5. The fourth-order valence-electron chi connectivity index (χ4n) is 11.7. The van der Waals surface area contributed by atoms with E-state index >= 15 is 0 Å². The monoisotopic (exact) mass is 922 g/mol. The van der Waals surface area contributed by atoms with Crippen LogP contribution in [-0.4, -0.2) is 98.4 Å². The standard InChI is InChI=1S/C50H74F3NO11/c1-11-35(45(58)59)37-18-17-27(4)42(62-37)31(8)40(55)30(7)41(56)36(12-2)43-28(5)25-29(6)48(63-43)22-19-38(54-44(57)33-15-14-16-34(26-33)50(51,52)53)49(65-48)24-23-46(10,64-49)39-20-21-47(60,13-3)32(9)61-39/h14-16,19,22,26-32,35-40,42-43,55,60H,11-13,17-18,20-21,23-25H2,1-10H3,(H,54,57)(H,58,59)/t27-,28-,29+,30-,31-,32-,35+,36?,37+,38?,39+,40+,42+,43-,46-,47+,48-,49-/m0/s1. The molecule has 4 fully saturated rings. The smallest absolute Gasteiger partial charge is 0.416 e. The number of rotatable bonds is 14. The zero-order valence-electron chi connectivity index (χ0n) is 39.9. The van der Waals surface area contributed by atoms with Crippen LogP contribution in [0.1, 0.15) is 149 Å². The van der Waals surface area contributed by atoms with Crippen molar-refractivity contribution in [2.75, 3.05) is 0 Å². The lowest BCUT2D eigenvalue weighted by atomic mass is 9.72. The number of hydrogen-bond donors (Lipinski definition) is 4. The molecule has 1 aromatic carbocycles. The van der Waals surface area contributed by atoms with Gasteiger partial charge in [0.25, 0.3) is 5.91 Å². The maximum absolute atomic E-state index is 14.7. The molecule has 0 saturated carbocycles. The highest BCUT2D eigenvalue weighted by Crippen LogP contribution is 2.54. The normalized spacial score (nSPS) is 40.0. The minimum atomic E-state index is -4.66. The quantitative estimate of drug-likeness (QED) is 0.132. The fourth-order valence-corrected chi connectivity index (χ4v) is 11.7. The summed E-state index contributed by atoms with van der Waals surface area (Å²) < 4.78 is 75.4. The number of carboxylic acids is 1. The van der Waals surface area contributed by atoms with E-state index in [0.29, 0.717) is 51.4 Å². The Kier molecular flexibility index (Phi) is 15.5. The van der Waals surface area contributed by atoms with Crippen molar-refractivity contribution in [2.24, 2.45) is 41.4 Å². The molecule has 15 heteroatoms. The lowest BCUT2D eigenvalue weighted by Gasteiger charge is -2.55. The van der Waals surface area contributed by atoms with Gasteiger partial charge in [-0.3, -0.25) is 14.4 Å². The summed E-state index contributed by atoms with van der Waals surface area (Å²) in [5.41, 5.74) is -3.11. The molecule has 12 nitrogen and oxygen atoms in total. The molecule has 4 saturated heterocycles. The van der Waals surface area contributed by atoms with Crippen LogP contribution in [0, 0.1) is 41.4 Å². The molecule has 4 N–H and O–H groups in total. The SMILES string of the molecule is CCC(C(=O)[C@@H](C)[C@@H](O)[C@H](C)[C@@H]1O[C@@H]([C@@H](CC)C(=O)O)CC[C@@H]1C)[C@H]1O[C@]2(C=CC(NC(=O)c3cccc(C(F)(F)F)c3)[C@]3(CC[C@@](C)([C@H]4CC[C@](O)(CC)[C@H](C)O4)O3)O2)[C@H](C)C[C@@H]1C. The van der Waals surface area contributed by atoms with E-state index in [1.54, 1.807) is 19.1 Å². The van der Waals surface area contributed by atoms with E-state index in [4.69, 9.17) is 23.7 Å². The number of aliphatic hydroxyl groups is 2. The number of nitrogens with one attached hydrogen (secondary N) is 1. The van der Waals surface area contributed by atoms with E-state index in [9.17, 15) is 42.9 Å². The van der Waals surface area contributed by atoms with E-state index in [2.05, 4.69) is 5.32 Å². The number of alkyl halides is 3. The Balaban J connectivity index is 1.27. The largest absolute Gasteiger partial charge is 0.481 e. The average Bonchev–Trinajstić information content (AvgIpc) is 3.61. The highest BCUT2D eigenvalue weighted by atomic mass is 19.4. The molecule has 0 bridgehead atoms. The summed E-state index contributed by atoms with van der Waals surface area (Å²) in [6.07, 6.45) is 0.0859. The molecular formula is C50H74F3NO11. The average molecular weight is 922 g/mol. The Morgan fingerprint density at radius 1 is 0.908 bits per heavy atom. The molecule has 18 atom stereocenters. The van der Waals surface area contributed by atoms with Crippen LogP contribution < -0.4 is 5.32 Å². The van der Waals surface area contributed by atoms with Gasteiger partial charge in [0.15, 0.2) is 11.6 Å². The summed E-state index contributed by atoms with van der Waals surface area (Å²) in [6.45, 7) is 19.0. The van der Waals surface area contributed by atoms with Crippen LogP contribution in [0.3, 0.4) is 0 Å². The molecule has 5 aliphatic rings. The predicted octanol–water partition coefficient (Wildman–Crippen LogP) is 8.64. The number of amides is 1. The Labute approximate surface area is 382 Å². The van der Waals surface area contributed by atoms with Crippen LogP contribution in [0.25, 0.3) is 0 Å². The molecule has 65 heavy (non-hydrogen) atoms. The van der Waals surface area contributed by atoms with Crippen LogP contribution in [0.15, 0.2) is 36.4 Å². The Bertz CT molecular complexity index is 1900.